The summed E-state index contributed by atoms with van der Waals surface area (Å²) in [4.78, 5) is 13.8. The number of nitrogens with zero attached hydrogens (tertiary/aromatic N) is 1. The van der Waals surface area contributed by atoms with Crippen molar-refractivity contribution in [3.05, 3.63) is 48.0 Å². The van der Waals surface area contributed by atoms with Crippen molar-refractivity contribution in [3.8, 4) is 0 Å². The molecule has 0 saturated carbocycles. The molecule has 0 radical (unpaired) electrons. The fraction of sp³-hybridized carbons (Fsp3) is 0.357. The van der Waals surface area contributed by atoms with Crippen molar-refractivity contribution in [2.24, 2.45) is 0 Å². The van der Waals surface area contributed by atoms with Crippen LogP contribution in [0.1, 0.15) is 5.56 Å². The topological polar surface area (TPSA) is 32.3 Å². The van der Waals surface area contributed by atoms with Crippen molar-refractivity contribution < 1.29 is 4.79 Å². The van der Waals surface area contributed by atoms with Crippen LogP contribution in [0, 0.1) is 0 Å². The first kappa shape index (κ1) is 13.1. The van der Waals surface area contributed by atoms with Crippen LogP contribution in [-0.4, -0.2) is 36.0 Å². The molecular weight excluding hydrogens is 248 g/mol. The van der Waals surface area contributed by atoms with Gasteiger partial charge in [0, 0.05) is 32.1 Å². The summed E-state index contributed by atoms with van der Waals surface area (Å²) < 4.78 is 0. The molecule has 2 aliphatic heterocycles. The lowest BCUT2D eigenvalue weighted by molar-refractivity contribution is -0.129. The second kappa shape index (κ2) is 5.12. The Kier molecular flexibility index (Phi) is 3.73. The Bertz CT molecular complexity index is 460. The van der Waals surface area contributed by atoms with E-state index in [1.807, 2.05) is 23.1 Å². The van der Waals surface area contributed by atoms with Gasteiger partial charge in [-0.25, -0.2) is 0 Å². The Labute approximate surface area is 113 Å². The van der Waals surface area contributed by atoms with Crippen LogP contribution in [-0.2, 0) is 11.2 Å². The lowest BCUT2D eigenvalue weighted by Crippen LogP contribution is -2.60. The van der Waals surface area contributed by atoms with Crippen LogP contribution in [0.3, 0.4) is 0 Å². The average molecular weight is 265 g/mol. The fourth-order valence-corrected chi connectivity index (χ4v) is 2.77. The van der Waals surface area contributed by atoms with E-state index in [2.05, 4.69) is 23.5 Å². The van der Waals surface area contributed by atoms with Gasteiger partial charge in [0.25, 0.3) is 0 Å². The van der Waals surface area contributed by atoms with Gasteiger partial charge in [-0.05, 0) is 5.56 Å². The highest BCUT2D eigenvalue weighted by Crippen LogP contribution is 2.29. The average Bonchev–Trinajstić information content (AvgIpc) is 2.69. The molecule has 2 heterocycles. The van der Waals surface area contributed by atoms with Gasteiger partial charge in [0.15, 0.2) is 0 Å². The summed E-state index contributed by atoms with van der Waals surface area (Å²) in [6.45, 7) is 2.55. The predicted octanol–water partition coefficient (Wildman–Crippen LogP) is 1.39. The van der Waals surface area contributed by atoms with Crippen molar-refractivity contribution in [1.29, 1.82) is 0 Å². The van der Waals surface area contributed by atoms with E-state index in [9.17, 15) is 4.79 Å². The molecule has 1 fully saturated rings. The van der Waals surface area contributed by atoms with Crippen molar-refractivity contribution in [2.45, 2.75) is 12.0 Å². The number of nitrogens with one attached hydrogen (secondary N) is 1. The molecule has 0 aliphatic carbocycles. The molecule has 1 unspecified atom stereocenters. The van der Waals surface area contributed by atoms with Crippen molar-refractivity contribution in [3.63, 3.8) is 0 Å². The van der Waals surface area contributed by atoms with Crippen LogP contribution < -0.4 is 5.32 Å². The van der Waals surface area contributed by atoms with Crippen LogP contribution >= 0.6 is 12.4 Å². The van der Waals surface area contributed by atoms with E-state index >= 15 is 0 Å². The largest absolute Gasteiger partial charge is 0.327 e. The van der Waals surface area contributed by atoms with Gasteiger partial charge in [0.05, 0.1) is 5.54 Å². The summed E-state index contributed by atoms with van der Waals surface area (Å²) >= 11 is 0. The molecular formula is C14H17ClN2O. The monoisotopic (exact) mass is 264 g/mol. The standard InChI is InChI=1S/C14H16N2O.ClH/c17-13-6-7-14(11-15-8-9-16(13)14)10-12-4-2-1-3-5-12;/h1-7,15H,8-11H2;1H. The number of rotatable bonds is 2. The first-order chi connectivity index (χ1) is 8.30. The van der Waals surface area contributed by atoms with E-state index in [-0.39, 0.29) is 23.9 Å². The second-order valence-electron chi connectivity index (χ2n) is 4.77. The van der Waals surface area contributed by atoms with Crippen LogP contribution in [0.2, 0.25) is 0 Å². The molecule has 96 valence electrons. The van der Waals surface area contributed by atoms with Crippen LogP contribution in [0.15, 0.2) is 42.5 Å². The first-order valence-corrected chi connectivity index (χ1v) is 6.06. The highest BCUT2D eigenvalue weighted by atomic mass is 35.5. The minimum Gasteiger partial charge on any atom is -0.327 e. The van der Waals surface area contributed by atoms with Gasteiger partial charge in [0.2, 0.25) is 5.91 Å². The number of benzene rings is 1. The van der Waals surface area contributed by atoms with Crippen molar-refractivity contribution >= 4 is 18.3 Å². The Hall–Kier alpha value is -1.32. The number of amides is 1. The van der Waals surface area contributed by atoms with Gasteiger partial charge in [-0.3, -0.25) is 4.79 Å². The number of fused-ring (bicyclic) bond motifs is 1. The number of hydrogen-bond donors (Lipinski definition) is 1. The zero-order chi connectivity index (χ0) is 11.7. The zero-order valence-corrected chi connectivity index (χ0v) is 11.0. The highest BCUT2D eigenvalue weighted by molar-refractivity contribution is 5.91. The fourth-order valence-electron chi connectivity index (χ4n) is 2.77. The van der Waals surface area contributed by atoms with Crippen molar-refractivity contribution in [1.82, 2.24) is 10.2 Å². The molecule has 1 saturated heterocycles. The maximum Gasteiger partial charge on any atom is 0.247 e. The lowest BCUT2D eigenvalue weighted by atomic mass is 9.89. The van der Waals surface area contributed by atoms with E-state index in [0.717, 1.165) is 26.1 Å². The Morgan fingerprint density at radius 3 is 2.83 bits per heavy atom. The number of carbonyl (C=O) groups is 1. The molecule has 18 heavy (non-hydrogen) atoms. The molecule has 1 atom stereocenters. The molecule has 3 rings (SSSR count). The SMILES string of the molecule is Cl.O=C1C=CC2(Cc3ccccc3)CNCCN12. The van der Waals surface area contributed by atoms with E-state index in [0.29, 0.717) is 0 Å². The van der Waals surface area contributed by atoms with Gasteiger partial charge in [-0.15, -0.1) is 12.4 Å². The highest BCUT2D eigenvalue weighted by Gasteiger charge is 2.42. The molecule has 3 nitrogen and oxygen atoms in total. The van der Waals surface area contributed by atoms with Crippen LogP contribution in [0.5, 0.6) is 0 Å². The minimum atomic E-state index is -0.142. The zero-order valence-electron chi connectivity index (χ0n) is 10.1. The molecule has 0 bridgehead atoms. The second-order valence-corrected chi connectivity index (χ2v) is 4.77. The van der Waals surface area contributed by atoms with Gasteiger partial charge in [0.1, 0.15) is 0 Å². The molecule has 0 spiro atoms. The molecule has 0 aromatic heterocycles. The maximum atomic E-state index is 11.8. The summed E-state index contributed by atoms with van der Waals surface area (Å²) in [5.41, 5.74) is 1.14. The Morgan fingerprint density at radius 1 is 1.28 bits per heavy atom. The molecule has 2 aliphatic rings. The van der Waals surface area contributed by atoms with Gasteiger partial charge < -0.3 is 10.2 Å². The molecule has 1 amide bonds. The smallest absolute Gasteiger partial charge is 0.247 e. The van der Waals surface area contributed by atoms with Crippen LogP contribution in [0.25, 0.3) is 0 Å². The van der Waals surface area contributed by atoms with E-state index < -0.39 is 0 Å². The summed E-state index contributed by atoms with van der Waals surface area (Å²) in [6.07, 6.45) is 4.67. The normalized spacial score (nSPS) is 25.8. The third-order valence-electron chi connectivity index (χ3n) is 3.64. The predicted molar refractivity (Wildman–Crippen MR) is 73.8 cm³/mol. The number of piperazine rings is 1. The van der Waals surface area contributed by atoms with E-state index in [1.165, 1.54) is 5.56 Å². The van der Waals surface area contributed by atoms with E-state index in [4.69, 9.17) is 0 Å². The maximum absolute atomic E-state index is 11.8. The summed E-state index contributed by atoms with van der Waals surface area (Å²) in [5, 5.41) is 3.39. The Morgan fingerprint density at radius 2 is 2.06 bits per heavy atom. The lowest BCUT2D eigenvalue weighted by Gasteiger charge is -2.42. The van der Waals surface area contributed by atoms with E-state index in [1.54, 1.807) is 6.08 Å². The Balaban J connectivity index is 0.00000120. The van der Waals surface area contributed by atoms with Gasteiger partial charge >= 0.3 is 0 Å². The third kappa shape index (κ3) is 2.16. The molecule has 1 aromatic rings. The minimum absolute atomic E-state index is 0. The summed E-state index contributed by atoms with van der Waals surface area (Å²) in [5.74, 6) is 0.155. The number of halogens is 1. The van der Waals surface area contributed by atoms with Gasteiger partial charge in [-0.2, -0.15) is 0 Å². The molecule has 1 N–H and O–H groups in total. The van der Waals surface area contributed by atoms with Crippen molar-refractivity contribution in [2.75, 3.05) is 19.6 Å². The number of carbonyl (C=O) groups excluding carboxylic acids is 1. The summed E-state index contributed by atoms with van der Waals surface area (Å²) in [7, 11) is 0. The number of hydrogen-bond acceptors (Lipinski definition) is 2. The molecule has 1 aromatic carbocycles. The quantitative estimate of drug-likeness (QED) is 0.876. The summed E-state index contributed by atoms with van der Waals surface area (Å²) in [6, 6.07) is 10.4. The third-order valence-corrected chi connectivity index (χ3v) is 3.64. The first-order valence-electron chi connectivity index (χ1n) is 6.06. The van der Waals surface area contributed by atoms with Crippen LogP contribution in [0.4, 0.5) is 0 Å². The van der Waals surface area contributed by atoms with Gasteiger partial charge in [-0.1, -0.05) is 36.4 Å². The molecule has 4 heteroatoms.